The first-order valence-corrected chi connectivity index (χ1v) is 5.84. The van der Waals surface area contributed by atoms with Gasteiger partial charge in [-0.15, -0.1) is 0 Å². The van der Waals surface area contributed by atoms with Crippen LogP contribution in [-0.2, 0) is 4.74 Å². The van der Waals surface area contributed by atoms with E-state index in [1.54, 1.807) is 13.0 Å². The minimum absolute atomic E-state index is 0.347. The Morgan fingerprint density at radius 3 is 2.93 bits per heavy atom. The molecule has 0 aromatic carbocycles. The number of nitrogens with zero attached hydrogens (tertiary/aromatic N) is 1. The molecule has 0 bridgehead atoms. The molecule has 1 saturated carbocycles. The van der Waals surface area contributed by atoms with Crippen molar-refractivity contribution in [2.24, 2.45) is 0 Å². The van der Waals surface area contributed by atoms with Gasteiger partial charge in [0.15, 0.2) is 0 Å². The van der Waals surface area contributed by atoms with Gasteiger partial charge < -0.3 is 4.74 Å². The summed E-state index contributed by atoms with van der Waals surface area (Å²) in [6, 6.07) is 3.67. The zero-order chi connectivity index (χ0) is 10.8. The Hall–Kier alpha value is -0.900. The van der Waals surface area contributed by atoms with Crippen molar-refractivity contribution in [2.75, 3.05) is 6.61 Å². The number of hydrogen-bond acceptors (Lipinski definition) is 3. The fourth-order valence-electron chi connectivity index (χ4n) is 1.42. The Kier molecular flexibility index (Phi) is 3.05. The minimum atomic E-state index is -0.347. The first-order chi connectivity index (χ1) is 7.20. The predicted molar refractivity (Wildman–Crippen MR) is 59.9 cm³/mol. The van der Waals surface area contributed by atoms with E-state index in [1.165, 1.54) is 12.8 Å². The van der Waals surface area contributed by atoms with Gasteiger partial charge in [-0.25, -0.2) is 9.78 Å². The molecule has 1 aliphatic rings. The number of rotatable bonds is 3. The Morgan fingerprint density at radius 1 is 1.60 bits per heavy atom. The fourth-order valence-corrected chi connectivity index (χ4v) is 1.87. The van der Waals surface area contributed by atoms with Crippen molar-refractivity contribution in [3.63, 3.8) is 0 Å². The highest BCUT2D eigenvalue weighted by molar-refractivity contribution is 9.10. The SMILES string of the molecule is CCOC(=O)c1cc(Br)cc(C2CC2)n1. The number of carbonyl (C=O) groups is 1. The van der Waals surface area contributed by atoms with Crippen molar-refractivity contribution < 1.29 is 9.53 Å². The zero-order valence-electron chi connectivity index (χ0n) is 8.50. The summed E-state index contributed by atoms with van der Waals surface area (Å²) >= 11 is 3.38. The van der Waals surface area contributed by atoms with Crippen LogP contribution in [-0.4, -0.2) is 17.6 Å². The molecule has 0 unspecified atom stereocenters. The van der Waals surface area contributed by atoms with Crippen LogP contribution in [0.25, 0.3) is 0 Å². The Labute approximate surface area is 97.0 Å². The Morgan fingerprint density at radius 2 is 2.33 bits per heavy atom. The second-order valence-electron chi connectivity index (χ2n) is 3.59. The maximum absolute atomic E-state index is 11.5. The number of esters is 1. The zero-order valence-corrected chi connectivity index (χ0v) is 10.1. The highest BCUT2D eigenvalue weighted by Crippen LogP contribution is 2.39. The number of aromatic nitrogens is 1. The van der Waals surface area contributed by atoms with E-state index in [9.17, 15) is 4.79 Å². The van der Waals surface area contributed by atoms with Gasteiger partial charge in [0, 0.05) is 16.1 Å². The first-order valence-electron chi connectivity index (χ1n) is 5.05. The van der Waals surface area contributed by atoms with Crippen LogP contribution in [0.1, 0.15) is 41.9 Å². The summed E-state index contributed by atoms with van der Waals surface area (Å²) in [6.45, 7) is 2.17. The lowest BCUT2D eigenvalue weighted by Crippen LogP contribution is -2.08. The molecule has 3 nitrogen and oxygen atoms in total. The van der Waals surface area contributed by atoms with Crippen LogP contribution in [0.2, 0.25) is 0 Å². The third-order valence-corrected chi connectivity index (χ3v) is 2.75. The largest absolute Gasteiger partial charge is 0.461 e. The van der Waals surface area contributed by atoms with Crippen LogP contribution in [0.4, 0.5) is 0 Å². The van der Waals surface area contributed by atoms with Crippen molar-refractivity contribution in [2.45, 2.75) is 25.7 Å². The van der Waals surface area contributed by atoms with E-state index >= 15 is 0 Å². The molecule has 0 atom stereocenters. The van der Waals surface area contributed by atoms with Gasteiger partial charge in [0.1, 0.15) is 5.69 Å². The molecule has 0 radical (unpaired) electrons. The lowest BCUT2D eigenvalue weighted by molar-refractivity contribution is 0.0519. The molecule has 1 aromatic heterocycles. The lowest BCUT2D eigenvalue weighted by Gasteiger charge is -2.04. The van der Waals surface area contributed by atoms with Gasteiger partial charge in [-0.1, -0.05) is 15.9 Å². The third kappa shape index (κ3) is 2.56. The normalized spacial score (nSPS) is 15.1. The minimum Gasteiger partial charge on any atom is -0.461 e. The topological polar surface area (TPSA) is 39.2 Å². The summed E-state index contributed by atoms with van der Waals surface area (Å²) in [7, 11) is 0. The lowest BCUT2D eigenvalue weighted by atomic mass is 10.2. The van der Waals surface area contributed by atoms with Crippen LogP contribution < -0.4 is 0 Å². The third-order valence-electron chi connectivity index (χ3n) is 2.29. The van der Waals surface area contributed by atoms with Gasteiger partial charge in [0.2, 0.25) is 0 Å². The average molecular weight is 270 g/mol. The molecule has 80 valence electrons. The fraction of sp³-hybridized carbons (Fsp3) is 0.455. The number of halogens is 1. The Bertz CT molecular complexity index is 388. The van der Waals surface area contributed by atoms with Gasteiger partial charge in [-0.05, 0) is 31.9 Å². The molecule has 4 heteroatoms. The van der Waals surface area contributed by atoms with Gasteiger partial charge in [0.25, 0.3) is 0 Å². The van der Waals surface area contributed by atoms with Gasteiger partial charge in [-0.3, -0.25) is 0 Å². The van der Waals surface area contributed by atoms with Crippen molar-refractivity contribution in [1.29, 1.82) is 0 Å². The summed E-state index contributed by atoms with van der Waals surface area (Å²) in [6.07, 6.45) is 2.34. The van der Waals surface area contributed by atoms with Crippen LogP contribution in [0.15, 0.2) is 16.6 Å². The van der Waals surface area contributed by atoms with Crippen LogP contribution in [0.5, 0.6) is 0 Å². The molecule has 1 aliphatic carbocycles. The van der Waals surface area contributed by atoms with Gasteiger partial charge >= 0.3 is 5.97 Å². The molecule has 1 fully saturated rings. The predicted octanol–water partition coefficient (Wildman–Crippen LogP) is 2.90. The second-order valence-corrected chi connectivity index (χ2v) is 4.51. The van der Waals surface area contributed by atoms with E-state index in [0.29, 0.717) is 18.2 Å². The molecule has 0 amide bonds. The van der Waals surface area contributed by atoms with E-state index < -0.39 is 0 Å². The van der Waals surface area contributed by atoms with E-state index in [-0.39, 0.29) is 5.97 Å². The molecule has 0 saturated heterocycles. The van der Waals surface area contributed by atoms with Gasteiger partial charge in [0.05, 0.1) is 6.61 Å². The quantitative estimate of drug-likeness (QED) is 0.793. The number of carbonyl (C=O) groups excluding carboxylic acids is 1. The molecule has 1 heterocycles. The molecular formula is C11H12BrNO2. The van der Waals surface area contributed by atoms with E-state index in [4.69, 9.17) is 4.74 Å². The van der Waals surface area contributed by atoms with Crippen molar-refractivity contribution in [3.05, 3.63) is 28.0 Å². The molecule has 0 spiro atoms. The summed E-state index contributed by atoms with van der Waals surface area (Å²) in [4.78, 5) is 15.8. The monoisotopic (exact) mass is 269 g/mol. The molecule has 15 heavy (non-hydrogen) atoms. The molecule has 0 aliphatic heterocycles. The Balaban J connectivity index is 2.26. The molecule has 0 N–H and O–H groups in total. The number of hydrogen-bond donors (Lipinski definition) is 0. The van der Waals surface area contributed by atoms with E-state index in [0.717, 1.165) is 10.2 Å². The highest BCUT2D eigenvalue weighted by Gasteiger charge is 2.26. The highest BCUT2D eigenvalue weighted by atomic mass is 79.9. The first kappa shape index (κ1) is 10.6. The molecule has 2 rings (SSSR count). The van der Waals surface area contributed by atoms with Crippen LogP contribution in [0.3, 0.4) is 0 Å². The maximum atomic E-state index is 11.5. The summed E-state index contributed by atoms with van der Waals surface area (Å²) in [5, 5.41) is 0. The van der Waals surface area contributed by atoms with E-state index in [2.05, 4.69) is 20.9 Å². The van der Waals surface area contributed by atoms with Gasteiger partial charge in [-0.2, -0.15) is 0 Å². The molecular weight excluding hydrogens is 258 g/mol. The van der Waals surface area contributed by atoms with Crippen LogP contribution in [0, 0.1) is 0 Å². The average Bonchev–Trinajstić information content (AvgIpc) is 3.00. The summed E-state index contributed by atoms with van der Waals surface area (Å²) in [5.74, 6) is 0.191. The van der Waals surface area contributed by atoms with Crippen molar-refractivity contribution in [1.82, 2.24) is 4.98 Å². The summed E-state index contributed by atoms with van der Waals surface area (Å²) in [5.41, 5.74) is 1.39. The van der Waals surface area contributed by atoms with Crippen LogP contribution >= 0.6 is 15.9 Å². The van der Waals surface area contributed by atoms with E-state index in [1.807, 2.05) is 6.07 Å². The number of pyridine rings is 1. The standard InChI is InChI=1S/C11H12BrNO2/c1-2-15-11(14)10-6-8(12)5-9(13-10)7-3-4-7/h5-7H,2-4H2,1H3. The second kappa shape index (κ2) is 4.31. The maximum Gasteiger partial charge on any atom is 0.356 e. The van der Waals surface area contributed by atoms with Crippen molar-refractivity contribution >= 4 is 21.9 Å². The van der Waals surface area contributed by atoms with Crippen molar-refractivity contribution in [3.8, 4) is 0 Å². The summed E-state index contributed by atoms with van der Waals surface area (Å²) < 4.78 is 5.81. The number of ether oxygens (including phenoxy) is 1. The molecule has 1 aromatic rings. The smallest absolute Gasteiger partial charge is 0.356 e.